The lowest BCUT2D eigenvalue weighted by Crippen LogP contribution is -2.54. The summed E-state index contributed by atoms with van der Waals surface area (Å²) in [6.07, 6.45) is -2.10. The number of nitro groups is 1. The number of nitro benzene ring substituents is 1. The molecule has 5 heterocycles. The number of carbonyl (C=O) groups is 4. The Kier molecular flexibility index (Phi) is 11.7. The van der Waals surface area contributed by atoms with Crippen molar-refractivity contribution in [1.82, 2.24) is 24.9 Å². The van der Waals surface area contributed by atoms with Gasteiger partial charge < -0.3 is 19.9 Å². The number of hydrogen-bond donors (Lipinski definition) is 2. The number of imide groups is 1. The molecule has 3 amide bonds. The lowest BCUT2D eigenvalue weighted by molar-refractivity contribution is -0.384. The Morgan fingerprint density at radius 3 is 2.23 bits per heavy atom. The van der Waals surface area contributed by atoms with Gasteiger partial charge in [-0.1, -0.05) is 125 Å². The highest BCUT2D eigenvalue weighted by molar-refractivity contribution is 7.22. The van der Waals surface area contributed by atoms with Crippen LogP contribution in [0.25, 0.3) is 21.3 Å². The normalized spacial score (nSPS) is 20.8. The molecule has 3 aliphatic heterocycles. The second-order valence-electron chi connectivity index (χ2n) is 18.2. The van der Waals surface area contributed by atoms with Gasteiger partial charge in [0.1, 0.15) is 42.0 Å². The third-order valence-electron chi connectivity index (χ3n) is 14.0. The van der Waals surface area contributed by atoms with Crippen LogP contribution in [0.2, 0.25) is 0 Å². The van der Waals surface area contributed by atoms with E-state index in [-0.39, 0.29) is 41.0 Å². The zero-order valence-corrected chi connectivity index (χ0v) is 40.1. The summed E-state index contributed by atoms with van der Waals surface area (Å²) in [4.78, 5) is 81.5. The molecule has 0 bridgehead atoms. The Labute approximate surface area is 430 Å². The molecule has 1 spiro atoms. The number of aromatic hydroxyl groups is 1. The van der Waals surface area contributed by atoms with Gasteiger partial charge in [-0.05, 0) is 94.5 Å². The minimum atomic E-state index is -2.18. The number of para-hydroxylation sites is 2. The summed E-state index contributed by atoms with van der Waals surface area (Å²) < 4.78 is 14.9. The molecule has 6 atom stereocenters. The number of ether oxygens (including phenoxy) is 2. The van der Waals surface area contributed by atoms with E-state index in [1.165, 1.54) is 47.7 Å². The molecular weight excluding hydrogens is 973 g/mol. The molecule has 0 aliphatic carbocycles. The largest absolute Gasteiger partial charge is 0.508 e. The maximum atomic E-state index is 16.6. The highest BCUT2D eigenvalue weighted by atomic mass is 32.1. The van der Waals surface area contributed by atoms with Crippen LogP contribution in [0.3, 0.4) is 0 Å². The molecule has 17 nitrogen and oxygen atoms in total. The van der Waals surface area contributed by atoms with Gasteiger partial charge in [-0.15, -0.1) is 5.10 Å². The Balaban J connectivity index is 1.09. The molecule has 2 aromatic heterocycles. The maximum absolute atomic E-state index is 16.6. The second kappa shape index (κ2) is 18.8. The molecule has 2 fully saturated rings. The Morgan fingerprint density at radius 2 is 1.49 bits per heavy atom. The fraction of sp³-hybridized carbons (Fsp3) is 0.140. The van der Waals surface area contributed by atoms with Crippen molar-refractivity contribution in [2.75, 3.05) is 10.2 Å². The van der Waals surface area contributed by atoms with Gasteiger partial charge in [0.15, 0.2) is 5.13 Å². The number of morpholine rings is 1. The van der Waals surface area contributed by atoms with E-state index in [0.717, 1.165) is 15.1 Å². The van der Waals surface area contributed by atoms with Crippen molar-refractivity contribution in [3.8, 4) is 17.6 Å². The molecule has 3 aliphatic rings. The van der Waals surface area contributed by atoms with Crippen LogP contribution in [0, 0.1) is 27.9 Å². The molecule has 0 saturated carbocycles. The summed E-state index contributed by atoms with van der Waals surface area (Å²) in [6.45, 7) is -0.254. The number of phenols is 1. The van der Waals surface area contributed by atoms with Crippen LogP contribution >= 0.6 is 11.3 Å². The average Bonchev–Trinajstić information content (AvgIpc) is 4.29. The number of amides is 3. The monoisotopic (exact) mass is 1010 g/mol. The van der Waals surface area contributed by atoms with Gasteiger partial charge >= 0.3 is 12.1 Å². The average molecular weight is 1010 g/mol. The van der Waals surface area contributed by atoms with Crippen molar-refractivity contribution in [3.05, 3.63) is 219 Å². The van der Waals surface area contributed by atoms with Gasteiger partial charge in [-0.25, -0.2) is 19.4 Å². The summed E-state index contributed by atoms with van der Waals surface area (Å²) in [6, 6.07) is 46.2. The molecular formula is C57H40N8O9S. The molecule has 12 rings (SSSR count). The molecule has 2 saturated heterocycles. The van der Waals surface area contributed by atoms with Crippen LogP contribution in [-0.4, -0.2) is 64.8 Å². The number of nitrogens with one attached hydrogen (secondary N) is 1. The smallest absolute Gasteiger partial charge is 0.421 e. The molecule has 7 aromatic carbocycles. The summed E-state index contributed by atoms with van der Waals surface area (Å²) in [7, 11) is 0. The molecule has 0 radical (unpaired) electrons. The molecule has 9 aromatic rings. The van der Waals surface area contributed by atoms with E-state index in [0.29, 0.717) is 38.9 Å². The number of fused-ring (bicyclic) bond motifs is 5. The SMILES string of the molecule is O=C1OC(c2ccccc2)C(c2ccccc2)N2C1C(C(=O)Nc1nc3ccccc3s1)C1(C(=O)N(C(=O)OCc3ccc([N+](=O)[O-])cc3)c3ccc(C#CCn4nnc5ccccc54)cc31)C2c1ccc(O)cc1. The minimum Gasteiger partial charge on any atom is -0.508 e. The van der Waals surface area contributed by atoms with E-state index in [1.54, 1.807) is 41.1 Å². The number of thiazole rings is 1. The van der Waals surface area contributed by atoms with Gasteiger partial charge in [0, 0.05) is 17.7 Å². The first-order valence-corrected chi connectivity index (χ1v) is 24.6. The van der Waals surface area contributed by atoms with Crippen LogP contribution in [0.5, 0.6) is 5.75 Å². The van der Waals surface area contributed by atoms with Gasteiger partial charge in [0.05, 0.1) is 44.3 Å². The Hall–Kier alpha value is -9.57. The highest BCUT2D eigenvalue weighted by Gasteiger charge is 2.76. The fourth-order valence-electron chi connectivity index (χ4n) is 10.9. The standard InChI is InChI=1S/C57H40N8O9S/c66-40-28-24-38(25-29-40)51-57(47(52(67)59-55-58-43-18-8-10-20-46(43)75-55)49-53(68)74-50(37-15-5-2-6-16-37)48(64(49)51)36-13-3-1-4-14-36)41-32-34(12-11-31-62-45-19-9-7-17-42(45)60-61-62)23-30-44(41)63(54(57)69)56(70)73-33-35-21-26-39(27-22-35)65(71)72/h1-10,13-30,32,47-51,66H,31,33H2,(H,58,59,67). The summed E-state index contributed by atoms with van der Waals surface area (Å²) in [5, 5.41) is 34.0. The predicted molar refractivity (Wildman–Crippen MR) is 276 cm³/mol. The van der Waals surface area contributed by atoms with Crippen molar-refractivity contribution in [2.45, 2.75) is 42.8 Å². The zero-order valence-electron chi connectivity index (χ0n) is 39.3. The van der Waals surface area contributed by atoms with E-state index in [2.05, 4.69) is 27.5 Å². The number of esters is 1. The lowest BCUT2D eigenvalue weighted by Gasteiger charge is -2.46. The van der Waals surface area contributed by atoms with Gasteiger partial charge in [-0.2, -0.15) is 0 Å². The summed E-state index contributed by atoms with van der Waals surface area (Å²) >= 11 is 1.21. The number of non-ortho nitro benzene ring substituents is 1. The number of rotatable bonds is 9. The first kappa shape index (κ1) is 46.5. The Bertz CT molecular complexity index is 3770. The van der Waals surface area contributed by atoms with E-state index in [1.807, 2.05) is 108 Å². The molecule has 368 valence electrons. The third kappa shape index (κ3) is 7.98. The van der Waals surface area contributed by atoms with Crippen molar-refractivity contribution in [1.29, 1.82) is 0 Å². The van der Waals surface area contributed by atoms with Crippen LogP contribution in [0.15, 0.2) is 176 Å². The fourth-order valence-corrected chi connectivity index (χ4v) is 11.8. The van der Waals surface area contributed by atoms with Crippen LogP contribution < -0.4 is 10.2 Å². The van der Waals surface area contributed by atoms with E-state index >= 15 is 14.4 Å². The Morgan fingerprint density at radius 1 is 0.800 bits per heavy atom. The first-order valence-electron chi connectivity index (χ1n) is 23.8. The van der Waals surface area contributed by atoms with Gasteiger partial charge in [-0.3, -0.25) is 29.4 Å². The van der Waals surface area contributed by atoms with Gasteiger partial charge in [0.2, 0.25) is 11.8 Å². The zero-order chi connectivity index (χ0) is 51.4. The number of hydrogen-bond acceptors (Lipinski definition) is 14. The summed E-state index contributed by atoms with van der Waals surface area (Å²) in [5.74, 6) is 2.20. The number of anilines is 2. The van der Waals surface area contributed by atoms with E-state index < -0.39 is 64.4 Å². The van der Waals surface area contributed by atoms with E-state index in [9.17, 15) is 20.0 Å². The van der Waals surface area contributed by atoms with Crippen LogP contribution in [0.4, 0.5) is 21.3 Å². The first-order chi connectivity index (χ1) is 36.6. The minimum absolute atomic E-state index is 0.0622. The van der Waals surface area contributed by atoms with E-state index in [4.69, 9.17) is 14.5 Å². The number of carbonyl (C=O) groups excluding carboxylic acids is 4. The number of cyclic esters (lactones) is 1. The number of phenolic OH excluding ortho intramolecular Hbond substituents is 1. The van der Waals surface area contributed by atoms with Crippen molar-refractivity contribution in [2.24, 2.45) is 5.92 Å². The molecule has 2 N–H and O–H groups in total. The highest BCUT2D eigenvalue weighted by Crippen LogP contribution is 2.66. The van der Waals surface area contributed by atoms with Crippen molar-refractivity contribution >= 4 is 73.0 Å². The van der Waals surface area contributed by atoms with Crippen LogP contribution in [-0.2, 0) is 42.4 Å². The number of nitrogens with zero attached hydrogens (tertiary/aromatic N) is 7. The lowest BCUT2D eigenvalue weighted by atomic mass is 9.65. The van der Waals surface area contributed by atoms with Crippen LogP contribution in [0.1, 0.15) is 51.6 Å². The second-order valence-corrected chi connectivity index (χ2v) is 19.3. The van der Waals surface area contributed by atoms with Gasteiger partial charge in [0.25, 0.3) is 5.69 Å². The molecule has 75 heavy (non-hydrogen) atoms. The molecule has 6 unspecified atom stereocenters. The van der Waals surface area contributed by atoms with Crippen molar-refractivity contribution in [3.63, 3.8) is 0 Å². The summed E-state index contributed by atoms with van der Waals surface area (Å²) in [5.41, 5.74) is 2.53. The topological polar surface area (TPSA) is 212 Å². The maximum Gasteiger partial charge on any atom is 0.421 e. The number of aromatic nitrogens is 4. The third-order valence-corrected chi connectivity index (χ3v) is 15.0. The van der Waals surface area contributed by atoms with Crippen molar-refractivity contribution < 1.29 is 38.7 Å². The predicted octanol–water partition coefficient (Wildman–Crippen LogP) is 9.35. The molecule has 18 heteroatoms. The number of benzene rings is 7. The quantitative estimate of drug-likeness (QED) is 0.0598.